The number of unbranched alkanes of at least 4 members (excludes halogenated alkanes) is 30. The molecule has 1 unspecified atom stereocenters. The van der Waals surface area contributed by atoms with Crippen molar-refractivity contribution in [3.05, 3.63) is 85.1 Å². The van der Waals surface area contributed by atoms with Crippen LogP contribution < -0.4 is 0 Å². The molecule has 0 aliphatic heterocycles. The fourth-order valence-electron chi connectivity index (χ4n) is 8.53. The molecule has 0 aliphatic carbocycles. The predicted molar refractivity (Wildman–Crippen MR) is 311 cm³/mol. The minimum Gasteiger partial charge on any atom is -0.462 e. The Kier molecular flexibility index (Phi) is 57.3. The summed E-state index contributed by atoms with van der Waals surface area (Å²) in [6.07, 6.45) is 78.7. The summed E-state index contributed by atoms with van der Waals surface area (Å²) >= 11 is 0. The second-order valence-electron chi connectivity index (χ2n) is 20.2. The molecule has 0 aromatic carbocycles. The van der Waals surface area contributed by atoms with Gasteiger partial charge in [0.2, 0.25) is 0 Å². The third-order valence-corrected chi connectivity index (χ3v) is 13.1. The summed E-state index contributed by atoms with van der Waals surface area (Å²) in [7, 11) is 0. The molecule has 0 bridgehead atoms. The van der Waals surface area contributed by atoms with Crippen LogP contribution in [0.4, 0.5) is 0 Å². The molecule has 0 radical (unpaired) electrons. The van der Waals surface area contributed by atoms with Crippen molar-refractivity contribution in [2.75, 3.05) is 13.2 Å². The molecule has 1 atom stereocenters. The van der Waals surface area contributed by atoms with E-state index >= 15 is 0 Å². The van der Waals surface area contributed by atoms with Gasteiger partial charge in [0, 0.05) is 19.3 Å². The fraction of sp³-hybridized carbons (Fsp3) is 0.742. The van der Waals surface area contributed by atoms with Crippen molar-refractivity contribution < 1.29 is 28.6 Å². The van der Waals surface area contributed by atoms with E-state index < -0.39 is 6.10 Å². The monoisotopic (exact) mass is 1000 g/mol. The first-order chi connectivity index (χ1) is 35.5. The van der Waals surface area contributed by atoms with Gasteiger partial charge in [0.25, 0.3) is 0 Å². The van der Waals surface area contributed by atoms with E-state index in [0.29, 0.717) is 19.3 Å². The quantitative estimate of drug-likeness (QED) is 0.0261. The molecule has 0 heterocycles. The van der Waals surface area contributed by atoms with Crippen LogP contribution in [0.1, 0.15) is 297 Å². The van der Waals surface area contributed by atoms with Gasteiger partial charge in [-0.15, -0.1) is 0 Å². The Labute approximate surface area is 445 Å². The minimum absolute atomic E-state index is 0.0842. The van der Waals surface area contributed by atoms with Crippen molar-refractivity contribution >= 4 is 17.9 Å². The number of carbonyl (C=O) groups is 3. The van der Waals surface area contributed by atoms with E-state index in [0.717, 1.165) is 128 Å². The lowest BCUT2D eigenvalue weighted by atomic mass is 10.0. The SMILES string of the molecule is CC/C=C\C/C=C\C/C=C\C/C=C\CCCCCCCCCCCCCCC(=O)OCC(COC(=O)CCCCCCC/C=C\C/C=C\CCC)OC(=O)CCCCCCC/C=C\CCCCCCCCC. The number of hydrogen-bond acceptors (Lipinski definition) is 6. The van der Waals surface area contributed by atoms with E-state index in [1.54, 1.807) is 0 Å². The molecule has 6 heteroatoms. The summed E-state index contributed by atoms with van der Waals surface area (Å²) < 4.78 is 16.9. The van der Waals surface area contributed by atoms with E-state index in [2.05, 4.69) is 106 Å². The van der Waals surface area contributed by atoms with Crippen molar-refractivity contribution in [1.29, 1.82) is 0 Å². The number of ether oxygens (including phenoxy) is 3. The third kappa shape index (κ3) is 57.5. The number of esters is 3. The summed E-state index contributed by atoms with van der Waals surface area (Å²) in [5.41, 5.74) is 0. The average molecular weight is 1000 g/mol. The van der Waals surface area contributed by atoms with Crippen LogP contribution >= 0.6 is 0 Å². The summed E-state index contributed by atoms with van der Waals surface area (Å²) in [6.45, 7) is 6.46. The molecule has 0 rings (SSSR count). The zero-order valence-corrected chi connectivity index (χ0v) is 47.4. The Bertz CT molecular complexity index is 1380. The van der Waals surface area contributed by atoms with E-state index in [1.807, 2.05) is 0 Å². The Hall–Kier alpha value is -3.41. The van der Waals surface area contributed by atoms with Gasteiger partial charge in [-0.3, -0.25) is 14.4 Å². The van der Waals surface area contributed by atoms with Gasteiger partial charge in [-0.1, -0.05) is 254 Å². The third-order valence-electron chi connectivity index (χ3n) is 13.1. The van der Waals surface area contributed by atoms with Crippen LogP contribution in [-0.4, -0.2) is 37.2 Å². The Morgan fingerprint density at radius 1 is 0.292 bits per heavy atom. The maximum absolute atomic E-state index is 12.9. The number of carbonyl (C=O) groups excluding carboxylic acids is 3. The van der Waals surface area contributed by atoms with Crippen LogP contribution in [0.3, 0.4) is 0 Å². The number of rotatable bonds is 55. The minimum atomic E-state index is -0.787. The number of allylic oxidation sites excluding steroid dienone is 14. The molecule has 0 amide bonds. The Morgan fingerprint density at radius 2 is 0.569 bits per heavy atom. The van der Waals surface area contributed by atoms with Crippen LogP contribution in [0.2, 0.25) is 0 Å². The highest BCUT2D eigenvalue weighted by atomic mass is 16.6. The molecule has 0 aromatic heterocycles. The topological polar surface area (TPSA) is 78.9 Å². The van der Waals surface area contributed by atoms with Gasteiger partial charge < -0.3 is 14.2 Å². The van der Waals surface area contributed by atoms with Crippen molar-refractivity contribution in [3.63, 3.8) is 0 Å². The van der Waals surface area contributed by atoms with Crippen LogP contribution in [0.5, 0.6) is 0 Å². The summed E-state index contributed by atoms with van der Waals surface area (Å²) in [6, 6.07) is 0. The Morgan fingerprint density at radius 3 is 0.917 bits per heavy atom. The van der Waals surface area contributed by atoms with Crippen LogP contribution in [0.25, 0.3) is 0 Å². The van der Waals surface area contributed by atoms with E-state index in [1.165, 1.54) is 128 Å². The largest absolute Gasteiger partial charge is 0.462 e. The number of hydrogen-bond donors (Lipinski definition) is 0. The van der Waals surface area contributed by atoms with E-state index in [-0.39, 0.29) is 31.1 Å². The summed E-state index contributed by atoms with van der Waals surface area (Å²) in [5, 5.41) is 0. The maximum Gasteiger partial charge on any atom is 0.306 e. The van der Waals surface area contributed by atoms with Gasteiger partial charge in [0.05, 0.1) is 0 Å². The fourth-order valence-corrected chi connectivity index (χ4v) is 8.53. The molecule has 0 N–H and O–H groups in total. The van der Waals surface area contributed by atoms with Crippen molar-refractivity contribution in [1.82, 2.24) is 0 Å². The first kappa shape index (κ1) is 68.6. The molecule has 0 aliphatic rings. The van der Waals surface area contributed by atoms with Gasteiger partial charge in [0.15, 0.2) is 6.10 Å². The first-order valence-corrected chi connectivity index (χ1v) is 30.6. The molecular formula is C66H114O6. The average Bonchev–Trinajstić information content (AvgIpc) is 3.38. The highest BCUT2D eigenvalue weighted by Gasteiger charge is 2.19. The van der Waals surface area contributed by atoms with Crippen molar-refractivity contribution in [3.8, 4) is 0 Å². The summed E-state index contributed by atoms with van der Waals surface area (Å²) in [5.74, 6) is -0.900. The van der Waals surface area contributed by atoms with Crippen molar-refractivity contribution in [2.24, 2.45) is 0 Å². The van der Waals surface area contributed by atoms with Crippen LogP contribution in [0, 0.1) is 0 Å². The summed E-state index contributed by atoms with van der Waals surface area (Å²) in [4.78, 5) is 38.2. The van der Waals surface area contributed by atoms with Gasteiger partial charge in [0.1, 0.15) is 13.2 Å². The van der Waals surface area contributed by atoms with E-state index in [4.69, 9.17) is 14.2 Å². The molecule has 0 saturated carbocycles. The lowest BCUT2D eigenvalue weighted by Crippen LogP contribution is -2.30. The molecule has 0 aromatic rings. The molecule has 0 fully saturated rings. The zero-order valence-electron chi connectivity index (χ0n) is 47.4. The molecule has 0 spiro atoms. The standard InChI is InChI=1S/C66H114O6/c1-4-7-10-13-16-19-22-25-27-29-30-31-32-33-34-35-36-37-39-41-44-47-50-53-56-59-65(68)71-62-63(61-70-64(67)58-55-52-49-46-43-40-24-21-18-15-12-9-6-3)72-66(69)60-57-54-51-48-45-42-38-28-26-23-20-17-14-11-8-5-2/h7,10,12,15-16,19,21,24-25,27-28,30-31,38,63H,4-6,8-9,11,13-14,17-18,20,22-23,26,29,32-37,39-62H2,1-3H3/b10-7-,15-12-,19-16-,24-21-,27-25-,31-30-,38-28-. The lowest BCUT2D eigenvalue weighted by molar-refractivity contribution is -0.167. The smallest absolute Gasteiger partial charge is 0.306 e. The lowest BCUT2D eigenvalue weighted by Gasteiger charge is -2.18. The second-order valence-corrected chi connectivity index (χ2v) is 20.2. The van der Waals surface area contributed by atoms with Crippen LogP contribution in [0.15, 0.2) is 85.1 Å². The Balaban J connectivity index is 4.31. The molecular weight excluding hydrogens is 889 g/mol. The van der Waals surface area contributed by atoms with E-state index in [9.17, 15) is 14.4 Å². The van der Waals surface area contributed by atoms with Crippen molar-refractivity contribution in [2.45, 2.75) is 303 Å². The zero-order chi connectivity index (χ0) is 52.2. The normalized spacial score (nSPS) is 12.7. The highest BCUT2D eigenvalue weighted by Crippen LogP contribution is 2.16. The van der Waals surface area contributed by atoms with Gasteiger partial charge in [-0.25, -0.2) is 0 Å². The highest BCUT2D eigenvalue weighted by molar-refractivity contribution is 5.71. The van der Waals surface area contributed by atoms with Gasteiger partial charge in [-0.05, 0) is 109 Å². The van der Waals surface area contributed by atoms with Crippen LogP contribution in [-0.2, 0) is 28.6 Å². The molecule has 0 saturated heterocycles. The van der Waals surface area contributed by atoms with Gasteiger partial charge >= 0.3 is 17.9 Å². The molecule has 6 nitrogen and oxygen atoms in total. The molecule has 414 valence electrons. The first-order valence-electron chi connectivity index (χ1n) is 30.6. The maximum atomic E-state index is 12.9. The molecule has 72 heavy (non-hydrogen) atoms. The second kappa shape index (κ2) is 60.1. The van der Waals surface area contributed by atoms with Gasteiger partial charge in [-0.2, -0.15) is 0 Å². The predicted octanol–water partition coefficient (Wildman–Crippen LogP) is 20.7.